The first-order valence-corrected chi connectivity index (χ1v) is 8.35. The van der Waals surface area contributed by atoms with E-state index >= 15 is 0 Å². The molecule has 0 unspecified atom stereocenters. The number of fused-ring (bicyclic) bond motifs is 1. The van der Waals surface area contributed by atoms with Crippen molar-refractivity contribution in [2.45, 2.75) is 0 Å². The van der Waals surface area contributed by atoms with Gasteiger partial charge in [-0.2, -0.15) is 0 Å². The number of aromatic hydroxyl groups is 1. The molecule has 4 aromatic rings. The highest BCUT2D eigenvalue weighted by Gasteiger charge is 2.20. The molecule has 0 aliphatic carbocycles. The molecule has 0 saturated heterocycles. The van der Waals surface area contributed by atoms with Gasteiger partial charge in [0.05, 0.1) is 12.8 Å². The van der Waals surface area contributed by atoms with Gasteiger partial charge in [0.2, 0.25) is 0 Å². The predicted octanol–water partition coefficient (Wildman–Crippen LogP) is 1.73. The van der Waals surface area contributed by atoms with Gasteiger partial charge in [-0.3, -0.25) is 4.79 Å². The Hall–Kier alpha value is -4.21. The number of rotatable bonds is 4. The van der Waals surface area contributed by atoms with Crippen LogP contribution in [0.5, 0.6) is 11.5 Å². The topological polar surface area (TPSA) is 136 Å². The number of benzene rings is 2. The number of aromatic amines is 1. The number of aromatic nitrogens is 4. The van der Waals surface area contributed by atoms with Crippen LogP contribution in [0.15, 0.2) is 47.3 Å². The van der Waals surface area contributed by atoms with Gasteiger partial charge in [0.25, 0.3) is 5.91 Å². The fourth-order valence-corrected chi connectivity index (χ4v) is 2.95. The van der Waals surface area contributed by atoms with Crippen molar-refractivity contribution in [1.82, 2.24) is 19.5 Å². The van der Waals surface area contributed by atoms with E-state index in [2.05, 4.69) is 15.0 Å². The predicted molar refractivity (Wildman–Crippen MR) is 102 cm³/mol. The summed E-state index contributed by atoms with van der Waals surface area (Å²) in [4.78, 5) is 35.5. The number of amides is 1. The fourth-order valence-electron chi connectivity index (χ4n) is 2.95. The zero-order valence-electron chi connectivity index (χ0n) is 15.0. The van der Waals surface area contributed by atoms with Crippen LogP contribution in [0.3, 0.4) is 0 Å². The number of carbonyl (C=O) groups excluding carboxylic acids is 1. The highest BCUT2D eigenvalue weighted by Crippen LogP contribution is 2.31. The number of nitrogens with one attached hydrogen (secondary N) is 1. The Morgan fingerprint density at radius 1 is 1.21 bits per heavy atom. The minimum Gasteiger partial charge on any atom is -0.504 e. The molecule has 10 heteroatoms. The van der Waals surface area contributed by atoms with Gasteiger partial charge >= 0.3 is 5.69 Å². The lowest BCUT2D eigenvalue weighted by molar-refractivity contribution is 0.0997. The van der Waals surface area contributed by atoms with Crippen molar-refractivity contribution in [2.24, 2.45) is 5.73 Å². The number of hydrogen-bond acceptors (Lipinski definition) is 6. The summed E-state index contributed by atoms with van der Waals surface area (Å²) in [6.07, 6.45) is 0. The number of phenols is 1. The number of H-pyrrole nitrogens is 1. The molecule has 146 valence electrons. The van der Waals surface area contributed by atoms with Crippen LogP contribution in [-0.4, -0.2) is 37.6 Å². The van der Waals surface area contributed by atoms with E-state index in [-0.39, 0.29) is 34.2 Å². The second-order valence-corrected chi connectivity index (χ2v) is 6.09. The van der Waals surface area contributed by atoms with E-state index in [0.717, 1.165) is 0 Å². The van der Waals surface area contributed by atoms with Crippen molar-refractivity contribution in [3.05, 3.63) is 64.5 Å². The number of methoxy groups -OCH3 is 1. The van der Waals surface area contributed by atoms with Crippen molar-refractivity contribution in [3.8, 4) is 28.6 Å². The van der Waals surface area contributed by atoms with Gasteiger partial charge in [0.1, 0.15) is 11.3 Å². The van der Waals surface area contributed by atoms with E-state index in [0.29, 0.717) is 11.3 Å². The molecule has 4 N–H and O–H groups in total. The van der Waals surface area contributed by atoms with Crippen molar-refractivity contribution >= 4 is 17.1 Å². The Morgan fingerprint density at radius 2 is 1.93 bits per heavy atom. The number of primary amides is 1. The Labute approximate surface area is 162 Å². The van der Waals surface area contributed by atoms with Gasteiger partial charge in [0, 0.05) is 5.56 Å². The molecule has 0 aliphatic rings. The van der Waals surface area contributed by atoms with Gasteiger partial charge in [0.15, 0.2) is 28.7 Å². The molecule has 0 atom stereocenters. The molecule has 9 nitrogen and oxygen atoms in total. The zero-order valence-corrected chi connectivity index (χ0v) is 15.0. The Kier molecular flexibility index (Phi) is 4.23. The number of carbonyl (C=O) groups is 1. The molecule has 0 saturated carbocycles. The number of hydrogen-bond donors (Lipinski definition) is 3. The lowest BCUT2D eigenvalue weighted by Crippen LogP contribution is -2.15. The molecule has 0 aliphatic heterocycles. The summed E-state index contributed by atoms with van der Waals surface area (Å²) in [7, 11) is 1.41. The second-order valence-electron chi connectivity index (χ2n) is 6.09. The minimum atomic E-state index is -0.871. The molecule has 0 bridgehead atoms. The molecule has 0 radical (unpaired) electrons. The highest BCUT2D eigenvalue weighted by atomic mass is 19.1. The van der Waals surface area contributed by atoms with Gasteiger partial charge in [-0.15, -0.1) is 0 Å². The highest BCUT2D eigenvalue weighted by molar-refractivity contribution is 6.02. The summed E-state index contributed by atoms with van der Waals surface area (Å²) in [5.74, 6) is -1.19. The number of imidazole rings is 1. The van der Waals surface area contributed by atoms with Crippen LogP contribution in [0.25, 0.3) is 28.2 Å². The third kappa shape index (κ3) is 3.06. The van der Waals surface area contributed by atoms with Gasteiger partial charge < -0.3 is 20.6 Å². The maximum atomic E-state index is 13.3. The Balaban J connectivity index is 2.01. The molecule has 0 fully saturated rings. The lowest BCUT2D eigenvalue weighted by Gasteiger charge is -2.08. The van der Waals surface area contributed by atoms with Crippen molar-refractivity contribution in [2.75, 3.05) is 7.11 Å². The molecule has 2 heterocycles. The van der Waals surface area contributed by atoms with Gasteiger partial charge in [-0.25, -0.2) is 23.7 Å². The monoisotopic (exact) mass is 395 g/mol. The van der Waals surface area contributed by atoms with E-state index in [1.165, 1.54) is 48.1 Å². The summed E-state index contributed by atoms with van der Waals surface area (Å²) in [5, 5.41) is 10.0. The molecular weight excluding hydrogens is 381 g/mol. The maximum Gasteiger partial charge on any atom is 0.332 e. The van der Waals surface area contributed by atoms with Crippen LogP contribution in [-0.2, 0) is 0 Å². The number of nitrogens with two attached hydrogens (primary N) is 1. The van der Waals surface area contributed by atoms with Crippen LogP contribution < -0.4 is 16.2 Å². The smallest absolute Gasteiger partial charge is 0.332 e. The average molecular weight is 395 g/mol. The van der Waals surface area contributed by atoms with E-state index in [1.807, 2.05) is 0 Å². The largest absolute Gasteiger partial charge is 0.504 e. The SMILES string of the molecule is COc1ccc(-c2nc(C(N)=O)c3[nH]c(=O)n(-c4ccc(F)cc4)c3n2)cc1O. The molecule has 2 aromatic carbocycles. The van der Waals surface area contributed by atoms with Crippen molar-refractivity contribution < 1.29 is 19.0 Å². The number of halogens is 1. The molecule has 29 heavy (non-hydrogen) atoms. The molecule has 0 spiro atoms. The van der Waals surface area contributed by atoms with Crippen LogP contribution in [0.1, 0.15) is 10.5 Å². The standard InChI is InChI=1S/C19H14FN5O4/c1-29-13-7-2-9(8-12(13)26)17-22-14(16(21)27)15-18(24-17)25(19(28)23-15)11-5-3-10(20)4-6-11/h2-8,26H,1H3,(H2,21,27)(H,23,28). The molecule has 1 amide bonds. The van der Waals surface area contributed by atoms with Crippen LogP contribution >= 0.6 is 0 Å². The number of nitrogens with zero attached hydrogens (tertiary/aromatic N) is 3. The van der Waals surface area contributed by atoms with Gasteiger partial charge in [-0.05, 0) is 42.5 Å². The van der Waals surface area contributed by atoms with Crippen LogP contribution in [0.4, 0.5) is 4.39 Å². The van der Waals surface area contributed by atoms with E-state index in [4.69, 9.17) is 10.5 Å². The third-order valence-corrected chi connectivity index (χ3v) is 4.29. The summed E-state index contributed by atoms with van der Waals surface area (Å²) in [5.41, 5.74) is 5.48. The second kappa shape index (κ2) is 6.75. The van der Waals surface area contributed by atoms with Crippen LogP contribution in [0, 0.1) is 5.82 Å². The van der Waals surface area contributed by atoms with Crippen molar-refractivity contribution in [3.63, 3.8) is 0 Å². The zero-order chi connectivity index (χ0) is 20.7. The molecular formula is C19H14FN5O4. The minimum absolute atomic E-state index is 0.0494. The quantitative estimate of drug-likeness (QED) is 0.481. The third-order valence-electron chi connectivity index (χ3n) is 4.29. The normalized spacial score (nSPS) is 11.0. The first kappa shape index (κ1) is 18.2. The fraction of sp³-hybridized carbons (Fsp3) is 0.0526. The lowest BCUT2D eigenvalue weighted by atomic mass is 10.2. The molecule has 4 rings (SSSR count). The van der Waals surface area contributed by atoms with E-state index in [9.17, 15) is 19.1 Å². The number of phenolic OH excluding ortho intramolecular Hbond substituents is 1. The first-order chi connectivity index (χ1) is 13.9. The summed E-state index contributed by atoms with van der Waals surface area (Å²) >= 11 is 0. The maximum absolute atomic E-state index is 13.3. The molecule has 2 aromatic heterocycles. The summed E-state index contributed by atoms with van der Waals surface area (Å²) in [6, 6.07) is 9.63. The van der Waals surface area contributed by atoms with E-state index in [1.54, 1.807) is 6.07 Å². The van der Waals surface area contributed by atoms with Crippen LogP contribution in [0.2, 0.25) is 0 Å². The first-order valence-electron chi connectivity index (χ1n) is 8.35. The average Bonchev–Trinajstić information content (AvgIpc) is 3.03. The van der Waals surface area contributed by atoms with Gasteiger partial charge in [-0.1, -0.05) is 0 Å². The number of ether oxygens (including phenoxy) is 1. The summed E-state index contributed by atoms with van der Waals surface area (Å²) < 4.78 is 19.5. The van der Waals surface area contributed by atoms with Crippen molar-refractivity contribution in [1.29, 1.82) is 0 Å². The Morgan fingerprint density at radius 3 is 2.55 bits per heavy atom. The summed E-state index contributed by atoms with van der Waals surface area (Å²) in [6.45, 7) is 0. The Bertz CT molecular complexity index is 1310. The van der Waals surface area contributed by atoms with E-state index < -0.39 is 17.4 Å².